The van der Waals surface area contributed by atoms with Crippen LogP contribution in [-0.4, -0.2) is 27.3 Å². The average molecular weight is 965 g/mol. The van der Waals surface area contributed by atoms with Crippen LogP contribution < -0.4 is 10.6 Å². The lowest BCUT2D eigenvalue weighted by molar-refractivity contribution is 0.491. The number of fused-ring (bicyclic) bond motifs is 4. The number of hydrogen-bond donors (Lipinski definition) is 3. The summed E-state index contributed by atoms with van der Waals surface area (Å²) < 4.78 is 0. The molecule has 9 aromatic carbocycles. The molecular formula is C69H52N6. The van der Waals surface area contributed by atoms with Gasteiger partial charge in [-0.05, 0) is 103 Å². The summed E-state index contributed by atoms with van der Waals surface area (Å²) in [6, 6.07) is 74.5. The number of hydrogen-bond acceptors (Lipinski definition) is 5. The molecule has 75 heavy (non-hydrogen) atoms. The Morgan fingerprint density at radius 1 is 0.493 bits per heavy atom. The van der Waals surface area contributed by atoms with Crippen LogP contribution in [-0.2, 0) is 0 Å². The number of anilines is 1. The van der Waals surface area contributed by atoms with Crippen LogP contribution in [0.2, 0.25) is 0 Å². The summed E-state index contributed by atoms with van der Waals surface area (Å²) in [5.41, 5.74) is 18.2. The number of aromatic nitrogens is 3. The lowest BCUT2D eigenvalue weighted by Crippen LogP contribution is -2.34. The Bertz CT molecular complexity index is 4100. The maximum atomic E-state index is 5.44. The van der Waals surface area contributed by atoms with Crippen LogP contribution in [0.4, 0.5) is 5.69 Å². The van der Waals surface area contributed by atoms with E-state index in [9.17, 15) is 0 Å². The van der Waals surface area contributed by atoms with Crippen molar-refractivity contribution >= 4 is 55.6 Å². The summed E-state index contributed by atoms with van der Waals surface area (Å²) in [5.74, 6) is 1.73. The number of amidine groups is 1. The van der Waals surface area contributed by atoms with Gasteiger partial charge in [-0.25, -0.2) is 9.97 Å². The van der Waals surface area contributed by atoms with Crippen molar-refractivity contribution in [2.24, 2.45) is 4.99 Å². The second kappa shape index (κ2) is 18.9. The lowest BCUT2D eigenvalue weighted by Gasteiger charge is -2.31. The van der Waals surface area contributed by atoms with Crippen molar-refractivity contribution in [2.45, 2.75) is 30.8 Å². The predicted molar refractivity (Wildman–Crippen MR) is 312 cm³/mol. The highest BCUT2D eigenvalue weighted by Gasteiger charge is 2.27. The van der Waals surface area contributed by atoms with E-state index in [1.54, 1.807) is 0 Å². The van der Waals surface area contributed by atoms with Crippen molar-refractivity contribution in [3.8, 4) is 44.9 Å². The molecule has 0 radical (unpaired) electrons. The van der Waals surface area contributed by atoms with Gasteiger partial charge < -0.3 is 15.6 Å². The Morgan fingerprint density at radius 3 is 1.95 bits per heavy atom. The molecule has 3 atom stereocenters. The highest BCUT2D eigenvalue weighted by molar-refractivity contribution is 6.00. The lowest BCUT2D eigenvalue weighted by atomic mass is 9.89. The summed E-state index contributed by atoms with van der Waals surface area (Å²) in [6.07, 6.45) is 15.0. The van der Waals surface area contributed by atoms with E-state index in [0.717, 1.165) is 70.3 Å². The van der Waals surface area contributed by atoms with E-state index < -0.39 is 0 Å². The number of H-pyrrole nitrogens is 1. The fourth-order valence-electron chi connectivity index (χ4n) is 11.4. The molecule has 11 aromatic rings. The van der Waals surface area contributed by atoms with Gasteiger partial charge in [0.05, 0.1) is 29.0 Å². The van der Waals surface area contributed by atoms with E-state index in [4.69, 9.17) is 15.0 Å². The number of allylic oxidation sites excluding steroid dienone is 4. The van der Waals surface area contributed by atoms with Crippen LogP contribution in [0.5, 0.6) is 0 Å². The smallest absolute Gasteiger partial charge is 0.160 e. The highest BCUT2D eigenvalue weighted by Crippen LogP contribution is 2.40. The fraction of sp³-hybridized carbons (Fsp3) is 0.0870. The Balaban J connectivity index is 0.754. The Labute approximate surface area is 436 Å². The first-order chi connectivity index (χ1) is 37.1. The molecule has 14 rings (SSSR count). The van der Waals surface area contributed by atoms with Gasteiger partial charge >= 0.3 is 0 Å². The second-order valence-electron chi connectivity index (χ2n) is 20.0. The van der Waals surface area contributed by atoms with Gasteiger partial charge in [0.25, 0.3) is 0 Å². The van der Waals surface area contributed by atoms with Crippen LogP contribution in [0.3, 0.4) is 0 Å². The SMILES string of the molecule is C1=Cc2cccc(-c3ccc(C4CC(c5ccc6ccccc6c5)N=C(c5ccc(-c6ccc(-c7nc(-c8ccc9ccccc9c8)cc(C8C=CC(c9cccc%10cc[nH]c9%10)=CC8)n7)cc6)cc5)N4)cc3)c2NC1. The van der Waals surface area contributed by atoms with Gasteiger partial charge in [0.1, 0.15) is 5.84 Å². The number of aromatic amines is 1. The van der Waals surface area contributed by atoms with E-state index >= 15 is 0 Å². The summed E-state index contributed by atoms with van der Waals surface area (Å²) >= 11 is 0. The minimum Gasteiger partial charge on any atom is -0.381 e. The topological polar surface area (TPSA) is 78.0 Å². The van der Waals surface area contributed by atoms with E-state index in [-0.39, 0.29) is 18.0 Å². The fourth-order valence-corrected chi connectivity index (χ4v) is 11.4. The molecular weight excluding hydrogens is 913 g/mol. The Kier molecular flexibility index (Phi) is 11.2. The number of nitrogens with one attached hydrogen (secondary N) is 3. The average Bonchev–Trinajstić information content (AvgIpc) is 3.99. The normalized spacial score (nSPS) is 17.0. The highest BCUT2D eigenvalue weighted by atomic mass is 15.1. The molecule has 6 nitrogen and oxygen atoms in total. The molecule has 2 aromatic heterocycles. The molecule has 4 heterocycles. The minimum atomic E-state index is -0.0180. The van der Waals surface area contributed by atoms with Crippen LogP contribution >= 0.6 is 0 Å². The molecule has 0 fully saturated rings. The predicted octanol–water partition coefficient (Wildman–Crippen LogP) is 16.7. The second-order valence-corrected chi connectivity index (χ2v) is 20.0. The van der Waals surface area contributed by atoms with Gasteiger partial charge in [-0.15, -0.1) is 0 Å². The van der Waals surface area contributed by atoms with Crippen LogP contribution in [0.25, 0.3) is 89.0 Å². The third-order valence-corrected chi connectivity index (χ3v) is 15.4. The molecule has 0 saturated heterocycles. The zero-order valence-electron chi connectivity index (χ0n) is 41.3. The van der Waals surface area contributed by atoms with Crippen molar-refractivity contribution in [3.63, 3.8) is 0 Å². The first-order valence-electron chi connectivity index (χ1n) is 26.1. The summed E-state index contributed by atoms with van der Waals surface area (Å²) in [4.78, 5) is 19.4. The Hall–Kier alpha value is -9.39. The number of benzene rings is 9. The van der Waals surface area contributed by atoms with E-state index in [0.29, 0.717) is 0 Å². The quantitative estimate of drug-likeness (QED) is 0.135. The maximum absolute atomic E-state index is 5.44. The molecule has 6 heteroatoms. The minimum absolute atomic E-state index is 0.0180. The summed E-state index contributed by atoms with van der Waals surface area (Å²) in [6.45, 7) is 0.839. The van der Waals surface area contributed by atoms with Crippen molar-refractivity contribution in [1.82, 2.24) is 20.3 Å². The van der Waals surface area contributed by atoms with Crippen molar-refractivity contribution in [2.75, 3.05) is 11.9 Å². The van der Waals surface area contributed by atoms with Gasteiger partial charge in [0.15, 0.2) is 5.82 Å². The van der Waals surface area contributed by atoms with Crippen molar-refractivity contribution in [1.29, 1.82) is 0 Å². The molecule has 3 unspecified atom stereocenters. The van der Waals surface area contributed by atoms with Crippen LogP contribution in [0, 0.1) is 0 Å². The maximum Gasteiger partial charge on any atom is 0.160 e. The van der Waals surface area contributed by atoms with Crippen molar-refractivity contribution < 1.29 is 0 Å². The Morgan fingerprint density at radius 2 is 1.16 bits per heavy atom. The molecule has 0 amide bonds. The van der Waals surface area contributed by atoms with E-state index in [1.807, 2.05) is 6.20 Å². The van der Waals surface area contributed by atoms with Gasteiger partial charge in [-0.3, -0.25) is 4.99 Å². The van der Waals surface area contributed by atoms with Gasteiger partial charge in [-0.1, -0.05) is 212 Å². The largest absolute Gasteiger partial charge is 0.381 e. The number of aliphatic imine (C=N–C) groups is 1. The molecule has 3 N–H and O–H groups in total. The third kappa shape index (κ3) is 8.60. The summed E-state index contributed by atoms with van der Waals surface area (Å²) in [7, 11) is 0. The monoisotopic (exact) mass is 964 g/mol. The number of para-hydroxylation sites is 2. The molecule has 1 aliphatic carbocycles. The van der Waals surface area contributed by atoms with Crippen LogP contribution in [0.15, 0.2) is 242 Å². The van der Waals surface area contributed by atoms with Gasteiger partial charge in [0.2, 0.25) is 0 Å². The zero-order valence-corrected chi connectivity index (χ0v) is 41.3. The first-order valence-corrected chi connectivity index (χ1v) is 26.1. The van der Waals surface area contributed by atoms with Gasteiger partial charge in [-0.2, -0.15) is 0 Å². The molecule has 358 valence electrons. The third-order valence-electron chi connectivity index (χ3n) is 15.4. The molecule has 2 aliphatic heterocycles. The zero-order chi connectivity index (χ0) is 49.7. The molecule has 0 bridgehead atoms. The number of nitrogens with zero attached hydrogens (tertiary/aromatic N) is 3. The summed E-state index contributed by atoms with van der Waals surface area (Å²) in [5, 5.41) is 13.6. The van der Waals surface area contributed by atoms with Gasteiger partial charge in [0, 0.05) is 52.2 Å². The standard InChI is InChI=1S/C69H52N6/c1-3-10-56-40-58(35-21-44(56)8-1)64-42-62(50-27-23-48(24-28-50)60-15-5-12-52-14-7-38-70-66(52)60)72-68(74-64)54-31-17-46(18-32-54)47-19-33-55(34-20-47)69-73-63(43-65(75-69)59-36-22-45-9-2-4-11-57(45)41-59)51-29-25-49(26-30-51)61-16-6-13-53-37-39-71-67(53)61/h1-29,31-37,39-41,43,51,62,64,70-71H,30,38,42H2,(H,72,74). The first kappa shape index (κ1) is 44.3. The van der Waals surface area contributed by atoms with E-state index in [2.05, 4.69) is 252 Å². The molecule has 0 spiro atoms. The van der Waals surface area contributed by atoms with Crippen molar-refractivity contribution in [3.05, 3.63) is 270 Å². The molecule has 3 aliphatic rings. The van der Waals surface area contributed by atoms with Crippen LogP contribution in [0.1, 0.15) is 64.4 Å². The van der Waals surface area contributed by atoms with E-state index in [1.165, 1.54) is 77.1 Å². The number of rotatable bonds is 9. The molecule has 0 saturated carbocycles.